The summed E-state index contributed by atoms with van der Waals surface area (Å²) in [6.45, 7) is 1.62. The van der Waals surface area contributed by atoms with Gasteiger partial charge in [0.25, 0.3) is 0 Å². The van der Waals surface area contributed by atoms with Crippen LogP contribution >= 0.6 is 0 Å². The van der Waals surface area contributed by atoms with Crippen molar-refractivity contribution in [2.45, 2.75) is 24.9 Å². The maximum atomic E-state index is 12.6. The van der Waals surface area contributed by atoms with Gasteiger partial charge >= 0.3 is 5.97 Å². The van der Waals surface area contributed by atoms with E-state index in [1.807, 2.05) is 30.3 Å². The molecular formula is C20H23NO4. The molecule has 2 aromatic carbocycles. The van der Waals surface area contributed by atoms with E-state index in [4.69, 9.17) is 9.47 Å². The summed E-state index contributed by atoms with van der Waals surface area (Å²) >= 11 is 0. The predicted octanol–water partition coefficient (Wildman–Crippen LogP) is 2.77. The van der Waals surface area contributed by atoms with Crippen LogP contribution in [0.3, 0.4) is 0 Å². The van der Waals surface area contributed by atoms with Crippen LogP contribution in [0.25, 0.3) is 0 Å². The first kappa shape index (κ1) is 17.3. The maximum Gasteiger partial charge on any atom is 0.311 e. The van der Waals surface area contributed by atoms with E-state index in [1.54, 1.807) is 12.1 Å². The quantitative estimate of drug-likeness (QED) is 0.819. The highest BCUT2D eigenvalue weighted by atomic mass is 16.6. The fraction of sp³-hybridized carbons (Fsp3) is 0.350. The number of hydrogen-bond acceptors (Lipinski definition) is 5. The van der Waals surface area contributed by atoms with Gasteiger partial charge < -0.3 is 19.9 Å². The van der Waals surface area contributed by atoms with Gasteiger partial charge in [-0.15, -0.1) is 0 Å². The van der Waals surface area contributed by atoms with E-state index >= 15 is 0 Å². The zero-order valence-electron chi connectivity index (χ0n) is 14.3. The van der Waals surface area contributed by atoms with Gasteiger partial charge in [-0.2, -0.15) is 0 Å². The van der Waals surface area contributed by atoms with E-state index in [2.05, 4.69) is 5.32 Å². The number of benzene rings is 2. The van der Waals surface area contributed by atoms with Crippen molar-refractivity contribution in [2.75, 3.05) is 20.2 Å². The molecule has 1 aliphatic rings. The Kier molecular flexibility index (Phi) is 5.24. The van der Waals surface area contributed by atoms with Gasteiger partial charge in [0, 0.05) is 12.8 Å². The lowest BCUT2D eigenvalue weighted by molar-refractivity contribution is -0.163. The topological polar surface area (TPSA) is 67.8 Å². The number of esters is 1. The third-order valence-electron chi connectivity index (χ3n) is 4.61. The first-order valence-electron chi connectivity index (χ1n) is 8.47. The van der Waals surface area contributed by atoms with Crippen LogP contribution in [0, 0.1) is 0 Å². The van der Waals surface area contributed by atoms with Crippen molar-refractivity contribution in [3.63, 3.8) is 0 Å². The number of nitrogens with one attached hydrogen (secondary N) is 1. The van der Waals surface area contributed by atoms with Crippen LogP contribution in [0.15, 0.2) is 48.5 Å². The predicted molar refractivity (Wildman–Crippen MR) is 94.7 cm³/mol. The SMILES string of the molecule is COc1ccc(CC(=O)OC2(c3ccccc3)CCNCC2)cc1O. The van der Waals surface area contributed by atoms with Crippen LogP contribution in [0.1, 0.15) is 24.0 Å². The van der Waals surface area contributed by atoms with Crippen LogP contribution in [-0.4, -0.2) is 31.3 Å². The summed E-state index contributed by atoms with van der Waals surface area (Å²) in [6, 6.07) is 14.9. The molecule has 2 N–H and O–H groups in total. The first-order chi connectivity index (χ1) is 12.1. The molecule has 25 heavy (non-hydrogen) atoms. The highest BCUT2D eigenvalue weighted by Gasteiger charge is 2.37. The van der Waals surface area contributed by atoms with Gasteiger partial charge in [-0.1, -0.05) is 36.4 Å². The Labute approximate surface area is 147 Å². The molecule has 1 aliphatic heterocycles. The molecular weight excluding hydrogens is 318 g/mol. The Bertz CT molecular complexity index is 724. The number of methoxy groups -OCH3 is 1. The number of rotatable bonds is 5. The van der Waals surface area contributed by atoms with E-state index in [-0.39, 0.29) is 18.1 Å². The summed E-state index contributed by atoms with van der Waals surface area (Å²) in [7, 11) is 1.49. The number of carbonyl (C=O) groups is 1. The monoisotopic (exact) mass is 341 g/mol. The lowest BCUT2D eigenvalue weighted by Crippen LogP contribution is -2.43. The molecule has 3 rings (SSSR count). The standard InChI is InChI=1S/C20H23NO4/c1-24-18-8-7-15(13-17(18)22)14-19(23)25-20(9-11-21-12-10-20)16-5-3-2-4-6-16/h2-8,13,21-22H,9-12,14H2,1H3. The summed E-state index contributed by atoms with van der Waals surface area (Å²) in [5.74, 6) is 0.110. The smallest absolute Gasteiger partial charge is 0.311 e. The second-order valence-corrected chi connectivity index (χ2v) is 6.27. The van der Waals surface area contributed by atoms with Gasteiger partial charge in [-0.25, -0.2) is 0 Å². The number of hydrogen-bond donors (Lipinski definition) is 2. The molecule has 0 aromatic heterocycles. The Morgan fingerprint density at radius 3 is 2.52 bits per heavy atom. The van der Waals surface area contributed by atoms with Gasteiger partial charge in [-0.3, -0.25) is 4.79 Å². The number of aromatic hydroxyl groups is 1. The summed E-state index contributed by atoms with van der Waals surface area (Å²) in [5.41, 5.74) is 1.14. The molecule has 1 saturated heterocycles. The molecule has 0 aliphatic carbocycles. The number of carbonyl (C=O) groups excluding carboxylic acids is 1. The minimum atomic E-state index is -0.585. The average molecular weight is 341 g/mol. The van der Waals surface area contributed by atoms with E-state index in [1.165, 1.54) is 13.2 Å². The molecule has 1 fully saturated rings. The normalized spacial score (nSPS) is 16.2. The van der Waals surface area contributed by atoms with Gasteiger partial charge in [0.1, 0.15) is 5.60 Å². The molecule has 0 radical (unpaired) electrons. The number of phenolic OH excluding ortho intramolecular Hbond substituents is 1. The van der Waals surface area contributed by atoms with Gasteiger partial charge in [0.2, 0.25) is 0 Å². The summed E-state index contributed by atoms with van der Waals surface area (Å²) < 4.78 is 11.0. The van der Waals surface area contributed by atoms with Crippen molar-refractivity contribution in [3.05, 3.63) is 59.7 Å². The molecule has 1 heterocycles. The molecule has 0 atom stereocenters. The second-order valence-electron chi connectivity index (χ2n) is 6.27. The zero-order valence-corrected chi connectivity index (χ0v) is 14.3. The van der Waals surface area contributed by atoms with E-state index in [0.29, 0.717) is 11.3 Å². The van der Waals surface area contributed by atoms with Crippen molar-refractivity contribution >= 4 is 5.97 Å². The second kappa shape index (κ2) is 7.57. The van der Waals surface area contributed by atoms with Crippen molar-refractivity contribution in [3.8, 4) is 11.5 Å². The number of piperidine rings is 1. The van der Waals surface area contributed by atoms with E-state index in [0.717, 1.165) is 31.5 Å². The Morgan fingerprint density at radius 2 is 1.88 bits per heavy atom. The lowest BCUT2D eigenvalue weighted by atomic mass is 9.84. The summed E-state index contributed by atoms with van der Waals surface area (Å²) in [6.07, 6.45) is 1.60. The van der Waals surface area contributed by atoms with E-state index < -0.39 is 5.60 Å². The highest BCUT2D eigenvalue weighted by molar-refractivity contribution is 5.73. The summed E-state index contributed by atoms with van der Waals surface area (Å²) in [5, 5.41) is 13.2. The third-order valence-corrected chi connectivity index (χ3v) is 4.61. The number of phenols is 1. The average Bonchev–Trinajstić information content (AvgIpc) is 2.63. The lowest BCUT2D eigenvalue weighted by Gasteiger charge is -2.37. The molecule has 5 heteroatoms. The number of ether oxygens (including phenoxy) is 2. The van der Waals surface area contributed by atoms with Crippen molar-refractivity contribution < 1.29 is 19.4 Å². The fourth-order valence-corrected chi connectivity index (χ4v) is 3.29. The molecule has 0 unspecified atom stereocenters. The van der Waals surface area contributed by atoms with Crippen LogP contribution in [0.2, 0.25) is 0 Å². The van der Waals surface area contributed by atoms with Crippen molar-refractivity contribution in [1.82, 2.24) is 5.32 Å². The van der Waals surface area contributed by atoms with Gasteiger partial charge in [0.05, 0.1) is 13.5 Å². The van der Waals surface area contributed by atoms with Crippen molar-refractivity contribution in [1.29, 1.82) is 0 Å². The zero-order chi connectivity index (χ0) is 17.7. The Hall–Kier alpha value is -2.53. The third kappa shape index (κ3) is 3.94. The molecule has 0 bridgehead atoms. The highest BCUT2D eigenvalue weighted by Crippen LogP contribution is 2.35. The maximum absolute atomic E-state index is 12.6. The van der Waals surface area contributed by atoms with E-state index in [9.17, 15) is 9.90 Å². The largest absolute Gasteiger partial charge is 0.504 e. The van der Waals surface area contributed by atoms with Crippen molar-refractivity contribution in [2.24, 2.45) is 0 Å². The van der Waals surface area contributed by atoms with Crippen LogP contribution in [-0.2, 0) is 21.6 Å². The minimum Gasteiger partial charge on any atom is -0.504 e. The molecule has 2 aromatic rings. The molecule has 0 spiro atoms. The molecule has 0 saturated carbocycles. The Balaban J connectivity index is 1.76. The van der Waals surface area contributed by atoms with Crippen LogP contribution < -0.4 is 10.1 Å². The van der Waals surface area contributed by atoms with Gasteiger partial charge in [-0.05, 0) is 36.3 Å². The van der Waals surface area contributed by atoms with Crippen LogP contribution in [0.4, 0.5) is 0 Å². The Morgan fingerprint density at radius 1 is 1.16 bits per heavy atom. The molecule has 0 amide bonds. The minimum absolute atomic E-state index is 0.0208. The first-order valence-corrected chi connectivity index (χ1v) is 8.47. The fourth-order valence-electron chi connectivity index (χ4n) is 3.29. The summed E-state index contributed by atoms with van der Waals surface area (Å²) in [4.78, 5) is 12.6. The van der Waals surface area contributed by atoms with Crippen LogP contribution in [0.5, 0.6) is 11.5 Å². The van der Waals surface area contributed by atoms with Gasteiger partial charge in [0.15, 0.2) is 11.5 Å². The molecule has 5 nitrogen and oxygen atoms in total. The molecule has 132 valence electrons.